The Morgan fingerprint density at radius 2 is 2.21 bits per heavy atom. The third-order valence-electron chi connectivity index (χ3n) is 2.81. The van der Waals surface area contributed by atoms with E-state index in [0.29, 0.717) is 5.02 Å². The Bertz CT molecular complexity index is 371. The van der Waals surface area contributed by atoms with E-state index < -0.39 is 0 Å². The number of nitrogens with two attached hydrogens (primary N) is 1. The molecule has 0 bridgehead atoms. The van der Waals surface area contributed by atoms with Crippen LogP contribution in [-0.4, -0.2) is 5.91 Å². The first-order chi connectivity index (χ1) is 6.62. The number of carbonyl (C=O) groups excluding carboxylic acids is 1. The highest BCUT2D eigenvalue weighted by Crippen LogP contribution is 2.48. The molecular formula is C11H12ClNO. The van der Waals surface area contributed by atoms with Crippen LogP contribution in [0.3, 0.4) is 0 Å². The van der Waals surface area contributed by atoms with Gasteiger partial charge in [0.05, 0.1) is 5.41 Å². The van der Waals surface area contributed by atoms with E-state index in [1.165, 1.54) is 0 Å². The molecule has 0 spiro atoms. The summed E-state index contributed by atoms with van der Waals surface area (Å²) in [5, 5.41) is 0.711. The van der Waals surface area contributed by atoms with Gasteiger partial charge in [0.2, 0.25) is 5.91 Å². The van der Waals surface area contributed by atoms with Crippen molar-refractivity contribution in [2.45, 2.75) is 19.3 Å². The van der Waals surface area contributed by atoms with Crippen LogP contribution in [0.2, 0.25) is 5.02 Å². The molecular weight excluding hydrogens is 198 g/mol. The monoisotopic (exact) mass is 209 g/mol. The summed E-state index contributed by atoms with van der Waals surface area (Å²) in [6.45, 7) is 0. The van der Waals surface area contributed by atoms with Gasteiger partial charge in [-0.2, -0.15) is 0 Å². The van der Waals surface area contributed by atoms with Gasteiger partial charge in [-0.05, 0) is 37.0 Å². The summed E-state index contributed by atoms with van der Waals surface area (Å²) < 4.78 is 0. The molecule has 3 heteroatoms. The molecule has 1 aromatic rings. The Morgan fingerprint density at radius 1 is 1.50 bits per heavy atom. The van der Waals surface area contributed by atoms with Crippen LogP contribution in [0.15, 0.2) is 24.3 Å². The third kappa shape index (κ3) is 1.75. The van der Waals surface area contributed by atoms with Gasteiger partial charge in [-0.15, -0.1) is 0 Å². The normalized spacial score (nSPS) is 17.8. The minimum absolute atomic E-state index is 0.183. The SMILES string of the molecule is NC(=O)C1(Cc2cccc(Cl)c2)CC1. The molecule has 0 atom stereocenters. The fourth-order valence-corrected chi connectivity index (χ4v) is 1.91. The molecule has 2 nitrogen and oxygen atoms in total. The molecule has 0 aromatic heterocycles. The average molecular weight is 210 g/mol. The second kappa shape index (κ2) is 3.28. The maximum absolute atomic E-state index is 11.2. The lowest BCUT2D eigenvalue weighted by Gasteiger charge is -2.10. The Balaban J connectivity index is 2.15. The van der Waals surface area contributed by atoms with Crippen molar-refractivity contribution in [2.75, 3.05) is 0 Å². The molecule has 2 rings (SSSR count). The fraction of sp³-hybridized carbons (Fsp3) is 0.364. The highest BCUT2D eigenvalue weighted by molar-refractivity contribution is 6.30. The largest absolute Gasteiger partial charge is 0.369 e. The minimum Gasteiger partial charge on any atom is -0.369 e. The van der Waals surface area contributed by atoms with Crippen LogP contribution in [-0.2, 0) is 11.2 Å². The molecule has 1 aliphatic rings. The minimum atomic E-state index is -0.273. The van der Waals surface area contributed by atoms with Crippen molar-refractivity contribution in [3.63, 3.8) is 0 Å². The number of hydrogen-bond acceptors (Lipinski definition) is 1. The predicted octanol–water partition coefficient (Wildman–Crippen LogP) is 2.15. The van der Waals surface area contributed by atoms with Crippen molar-refractivity contribution in [2.24, 2.45) is 11.1 Å². The van der Waals surface area contributed by atoms with E-state index in [-0.39, 0.29) is 11.3 Å². The van der Waals surface area contributed by atoms with Crippen LogP contribution in [0.25, 0.3) is 0 Å². The van der Waals surface area contributed by atoms with E-state index in [0.717, 1.165) is 24.8 Å². The maximum atomic E-state index is 11.2. The van der Waals surface area contributed by atoms with E-state index in [9.17, 15) is 4.79 Å². The molecule has 1 aliphatic carbocycles. The Hall–Kier alpha value is -1.02. The van der Waals surface area contributed by atoms with Crippen LogP contribution >= 0.6 is 11.6 Å². The summed E-state index contributed by atoms with van der Waals surface area (Å²) in [7, 11) is 0. The lowest BCUT2D eigenvalue weighted by atomic mass is 9.96. The van der Waals surface area contributed by atoms with Gasteiger partial charge in [-0.25, -0.2) is 0 Å². The lowest BCUT2D eigenvalue weighted by Crippen LogP contribution is -2.26. The quantitative estimate of drug-likeness (QED) is 0.815. The molecule has 14 heavy (non-hydrogen) atoms. The Labute approximate surface area is 88.1 Å². The zero-order chi connectivity index (χ0) is 10.2. The number of benzene rings is 1. The molecule has 0 unspecified atom stereocenters. The summed E-state index contributed by atoms with van der Waals surface area (Å²) in [6, 6.07) is 7.60. The first kappa shape index (κ1) is 9.53. The first-order valence-corrected chi connectivity index (χ1v) is 5.05. The van der Waals surface area contributed by atoms with Crippen molar-refractivity contribution < 1.29 is 4.79 Å². The molecule has 1 saturated carbocycles. The van der Waals surface area contributed by atoms with E-state index >= 15 is 0 Å². The summed E-state index contributed by atoms with van der Waals surface area (Å²) in [5.74, 6) is -0.183. The maximum Gasteiger partial charge on any atom is 0.223 e. The highest BCUT2D eigenvalue weighted by atomic mass is 35.5. The number of halogens is 1. The number of hydrogen-bond donors (Lipinski definition) is 1. The van der Waals surface area contributed by atoms with Gasteiger partial charge in [-0.1, -0.05) is 23.7 Å². The number of amides is 1. The van der Waals surface area contributed by atoms with Gasteiger partial charge >= 0.3 is 0 Å². The summed E-state index contributed by atoms with van der Waals surface area (Å²) in [4.78, 5) is 11.2. The number of primary amides is 1. The van der Waals surface area contributed by atoms with E-state index in [2.05, 4.69) is 0 Å². The molecule has 2 N–H and O–H groups in total. The van der Waals surface area contributed by atoms with Gasteiger partial charge in [0.15, 0.2) is 0 Å². The molecule has 0 saturated heterocycles. The van der Waals surface area contributed by atoms with Crippen molar-refractivity contribution in [1.82, 2.24) is 0 Å². The van der Waals surface area contributed by atoms with Crippen molar-refractivity contribution in [3.8, 4) is 0 Å². The molecule has 74 valence electrons. The summed E-state index contributed by atoms with van der Waals surface area (Å²) >= 11 is 5.86. The Morgan fingerprint density at radius 3 is 2.71 bits per heavy atom. The fourth-order valence-electron chi connectivity index (χ4n) is 1.70. The van der Waals surface area contributed by atoms with Crippen LogP contribution < -0.4 is 5.73 Å². The van der Waals surface area contributed by atoms with Gasteiger partial charge in [0.1, 0.15) is 0 Å². The second-order valence-electron chi connectivity index (χ2n) is 3.95. The summed E-state index contributed by atoms with van der Waals surface area (Å²) in [5.41, 5.74) is 6.17. The van der Waals surface area contributed by atoms with E-state index in [1.807, 2.05) is 24.3 Å². The van der Waals surface area contributed by atoms with Crippen LogP contribution in [0.4, 0.5) is 0 Å². The zero-order valence-corrected chi connectivity index (χ0v) is 8.55. The molecule has 0 heterocycles. The van der Waals surface area contributed by atoms with Crippen molar-refractivity contribution >= 4 is 17.5 Å². The molecule has 0 radical (unpaired) electrons. The Kier molecular flexibility index (Phi) is 2.23. The van der Waals surface area contributed by atoms with E-state index in [4.69, 9.17) is 17.3 Å². The molecule has 0 aliphatic heterocycles. The predicted molar refractivity (Wildman–Crippen MR) is 56.0 cm³/mol. The van der Waals surface area contributed by atoms with Crippen molar-refractivity contribution in [1.29, 1.82) is 0 Å². The van der Waals surface area contributed by atoms with Crippen LogP contribution in [0, 0.1) is 5.41 Å². The van der Waals surface area contributed by atoms with Gasteiger partial charge in [-0.3, -0.25) is 4.79 Å². The zero-order valence-electron chi connectivity index (χ0n) is 7.79. The van der Waals surface area contributed by atoms with Gasteiger partial charge in [0, 0.05) is 5.02 Å². The van der Waals surface area contributed by atoms with Gasteiger partial charge in [0.25, 0.3) is 0 Å². The first-order valence-electron chi connectivity index (χ1n) is 4.67. The lowest BCUT2D eigenvalue weighted by molar-refractivity contribution is -0.123. The highest BCUT2D eigenvalue weighted by Gasteiger charge is 2.48. The smallest absolute Gasteiger partial charge is 0.223 e. The van der Waals surface area contributed by atoms with Crippen LogP contribution in [0.5, 0.6) is 0 Å². The van der Waals surface area contributed by atoms with Crippen molar-refractivity contribution in [3.05, 3.63) is 34.9 Å². The third-order valence-corrected chi connectivity index (χ3v) is 3.04. The topological polar surface area (TPSA) is 43.1 Å². The van der Waals surface area contributed by atoms with E-state index in [1.54, 1.807) is 0 Å². The van der Waals surface area contributed by atoms with Gasteiger partial charge < -0.3 is 5.73 Å². The second-order valence-corrected chi connectivity index (χ2v) is 4.39. The average Bonchev–Trinajstić information content (AvgIpc) is 2.85. The summed E-state index contributed by atoms with van der Waals surface area (Å²) in [6.07, 6.45) is 2.55. The van der Waals surface area contributed by atoms with Crippen LogP contribution in [0.1, 0.15) is 18.4 Å². The number of carbonyl (C=O) groups is 1. The molecule has 1 fully saturated rings. The molecule has 1 aromatic carbocycles. The molecule has 1 amide bonds. The number of rotatable bonds is 3. The standard InChI is InChI=1S/C11H12ClNO/c12-9-3-1-2-8(6-9)7-11(4-5-11)10(13)14/h1-3,6H,4-5,7H2,(H2,13,14).